The molecule has 0 spiro atoms. The van der Waals surface area contributed by atoms with Crippen LogP contribution in [0.15, 0.2) is 11.3 Å². The summed E-state index contributed by atoms with van der Waals surface area (Å²) in [6.45, 7) is 7.21. The monoisotopic (exact) mass is 218 g/mol. The highest BCUT2D eigenvalue weighted by Gasteiger charge is 2.24. The van der Waals surface area contributed by atoms with Gasteiger partial charge in [-0.15, -0.1) is 0 Å². The third kappa shape index (κ3) is 1.92. The van der Waals surface area contributed by atoms with Gasteiger partial charge in [-0.05, 0) is 33.6 Å². The zero-order chi connectivity index (χ0) is 11.5. The number of hydrogen-bond acceptors (Lipinski definition) is 4. The van der Waals surface area contributed by atoms with Gasteiger partial charge in [-0.2, -0.15) is 0 Å². The molecule has 1 aromatic heterocycles. The molecule has 4 heteroatoms. The van der Waals surface area contributed by atoms with Crippen molar-refractivity contribution in [2.75, 3.05) is 11.4 Å². The molecule has 0 bridgehead atoms. The number of aliphatic imine (C=N–C) groups is 1. The fraction of sp³-hybridized carbons (Fsp3) is 0.583. The van der Waals surface area contributed by atoms with E-state index in [1.165, 1.54) is 12.8 Å². The average molecular weight is 218 g/mol. The van der Waals surface area contributed by atoms with Crippen molar-refractivity contribution in [2.24, 2.45) is 4.99 Å². The highest BCUT2D eigenvalue weighted by Crippen LogP contribution is 2.32. The molecule has 0 unspecified atom stereocenters. The van der Waals surface area contributed by atoms with Crippen LogP contribution in [0.25, 0.3) is 0 Å². The van der Waals surface area contributed by atoms with Gasteiger partial charge in [-0.25, -0.2) is 9.97 Å². The molecule has 2 rings (SSSR count). The number of aromatic nitrogens is 2. The lowest BCUT2D eigenvalue weighted by atomic mass is 10.2. The van der Waals surface area contributed by atoms with Crippen molar-refractivity contribution in [3.63, 3.8) is 0 Å². The van der Waals surface area contributed by atoms with E-state index in [9.17, 15) is 0 Å². The molecule has 16 heavy (non-hydrogen) atoms. The topological polar surface area (TPSA) is 41.4 Å². The normalized spacial score (nSPS) is 20.9. The van der Waals surface area contributed by atoms with Gasteiger partial charge in [0.15, 0.2) is 5.82 Å². The van der Waals surface area contributed by atoms with E-state index in [1.54, 1.807) is 12.5 Å². The molecule has 1 fully saturated rings. The van der Waals surface area contributed by atoms with E-state index in [2.05, 4.69) is 26.8 Å². The second-order valence-corrected chi connectivity index (χ2v) is 4.20. The zero-order valence-corrected chi connectivity index (χ0v) is 10.1. The molecule has 86 valence electrons. The largest absolute Gasteiger partial charge is 0.352 e. The summed E-state index contributed by atoms with van der Waals surface area (Å²) in [5.41, 5.74) is 1.86. The van der Waals surface area contributed by atoms with Crippen LogP contribution >= 0.6 is 0 Å². The molecule has 0 aliphatic carbocycles. The van der Waals surface area contributed by atoms with Crippen molar-refractivity contribution >= 4 is 17.7 Å². The standard InChI is InChI=1S/C12H18N4/c1-4-13-11-10(3)14-8-15-12(11)16-7-5-6-9(16)2/h4,8-9H,5-7H2,1-3H3/b13-4-/t9-/m0/s1. The van der Waals surface area contributed by atoms with E-state index in [-0.39, 0.29) is 0 Å². The van der Waals surface area contributed by atoms with Gasteiger partial charge in [0, 0.05) is 18.8 Å². The minimum absolute atomic E-state index is 0.556. The van der Waals surface area contributed by atoms with E-state index in [0.717, 1.165) is 23.7 Å². The maximum Gasteiger partial charge on any atom is 0.158 e. The summed E-state index contributed by atoms with van der Waals surface area (Å²) in [5.74, 6) is 0.982. The Morgan fingerprint density at radius 3 is 2.94 bits per heavy atom. The average Bonchev–Trinajstić information content (AvgIpc) is 2.68. The molecule has 2 heterocycles. The van der Waals surface area contributed by atoms with E-state index in [0.29, 0.717) is 6.04 Å². The van der Waals surface area contributed by atoms with Crippen LogP contribution in [0, 0.1) is 6.92 Å². The molecule has 4 nitrogen and oxygen atoms in total. The number of hydrogen-bond donors (Lipinski definition) is 0. The number of anilines is 1. The summed E-state index contributed by atoms with van der Waals surface area (Å²) in [5, 5.41) is 0. The van der Waals surface area contributed by atoms with Gasteiger partial charge >= 0.3 is 0 Å². The summed E-state index contributed by atoms with van der Waals surface area (Å²) in [4.78, 5) is 15.3. The Morgan fingerprint density at radius 1 is 1.50 bits per heavy atom. The SMILES string of the molecule is C/C=N\c1c(C)ncnc1N1CCC[C@@H]1C. The van der Waals surface area contributed by atoms with Crippen molar-refractivity contribution in [1.29, 1.82) is 0 Å². The lowest BCUT2D eigenvalue weighted by Gasteiger charge is -2.24. The Hall–Kier alpha value is -1.45. The Bertz CT molecular complexity index is 400. The lowest BCUT2D eigenvalue weighted by Crippen LogP contribution is -2.27. The van der Waals surface area contributed by atoms with Gasteiger partial charge in [0.25, 0.3) is 0 Å². The smallest absolute Gasteiger partial charge is 0.158 e. The van der Waals surface area contributed by atoms with Crippen LogP contribution in [0.1, 0.15) is 32.4 Å². The first kappa shape index (κ1) is 11.0. The third-order valence-corrected chi connectivity index (χ3v) is 3.07. The van der Waals surface area contributed by atoms with E-state index >= 15 is 0 Å². The Morgan fingerprint density at radius 2 is 2.31 bits per heavy atom. The Labute approximate surface area is 96.4 Å². The van der Waals surface area contributed by atoms with Crippen molar-refractivity contribution in [1.82, 2.24) is 9.97 Å². The number of rotatable bonds is 2. The van der Waals surface area contributed by atoms with Crippen LogP contribution in [0.4, 0.5) is 11.5 Å². The van der Waals surface area contributed by atoms with Crippen molar-refractivity contribution in [3.8, 4) is 0 Å². The van der Waals surface area contributed by atoms with Gasteiger partial charge in [0.05, 0.1) is 5.69 Å². The first-order valence-electron chi connectivity index (χ1n) is 5.81. The summed E-state index contributed by atoms with van der Waals surface area (Å²) in [6.07, 6.45) is 5.90. The summed E-state index contributed by atoms with van der Waals surface area (Å²) in [7, 11) is 0. The van der Waals surface area contributed by atoms with Crippen molar-refractivity contribution in [2.45, 2.75) is 39.7 Å². The molecule has 0 amide bonds. The molecule has 1 aliphatic rings. The van der Waals surface area contributed by atoms with Crippen LogP contribution in [-0.2, 0) is 0 Å². The quantitative estimate of drug-likeness (QED) is 0.716. The molecule has 1 aliphatic heterocycles. The van der Waals surface area contributed by atoms with Crippen LogP contribution in [0.2, 0.25) is 0 Å². The molecule has 0 radical (unpaired) electrons. The predicted octanol–water partition coefficient (Wildman–Crippen LogP) is 2.50. The van der Waals surface area contributed by atoms with Crippen molar-refractivity contribution in [3.05, 3.63) is 12.0 Å². The van der Waals surface area contributed by atoms with Gasteiger partial charge < -0.3 is 4.90 Å². The minimum Gasteiger partial charge on any atom is -0.352 e. The molecule has 0 N–H and O–H groups in total. The maximum absolute atomic E-state index is 4.39. The molecule has 0 aromatic carbocycles. The van der Waals surface area contributed by atoms with E-state index < -0.39 is 0 Å². The van der Waals surface area contributed by atoms with E-state index in [1.807, 2.05) is 13.8 Å². The Balaban J connectivity index is 2.43. The van der Waals surface area contributed by atoms with Crippen molar-refractivity contribution < 1.29 is 0 Å². The fourth-order valence-electron chi connectivity index (χ4n) is 2.19. The molecule has 0 saturated carbocycles. The van der Waals surface area contributed by atoms with Crippen LogP contribution in [0.3, 0.4) is 0 Å². The second kappa shape index (κ2) is 4.60. The first-order chi connectivity index (χ1) is 7.74. The maximum atomic E-state index is 4.39. The second-order valence-electron chi connectivity index (χ2n) is 4.20. The first-order valence-corrected chi connectivity index (χ1v) is 5.81. The zero-order valence-electron chi connectivity index (χ0n) is 10.1. The van der Waals surface area contributed by atoms with Gasteiger partial charge in [0.2, 0.25) is 0 Å². The molecule has 1 atom stereocenters. The molecule has 1 saturated heterocycles. The number of nitrogens with zero attached hydrogens (tertiary/aromatic N) is 4. The molecule has 1 aromatic rings. The van der Waals surface area contributed by atoms with Crippen LogP contribution < -0.4 is 4.90 Å². The minimum atomic E-state index is 0.556. The highest BCUT2D eigenvalue weighted by atomic mass is 15.2. The van der Waals surface area contributed by atoms with Gasteiger partial charge in [0.1, 0.15) is 12.0 Å². The summed E-state index contributed by atoms with van der Waals surface area (Å²) < 4.78 is 0. The van der Waals surface area contributed by atoms with Gasteiger partial charge in [-0.3, -0.25) is 4.99 Å². The van der Waals surface area contributed by atoms with E-state index in [4.69, 9.17) is 0 Å². The Kier molecular flexibility index (Phi) is 3.17. The third-order valence-electron chi connectivity index (χ3n) is 3.07. The van der Waals surface area contributed by atoms with Crippen LogP contribution in [-0.4, -0.2) is 28.8 Å². The molecular weight excluding hydrogens is 200 g/mol. The number of aryl methyl sites for hydroxylation is 1. The lowest BCUT2D eigenvalue weighted by molar-refractivity contribution is 0.725. The fourth-order valence-corrected chi connectivity index (χ4v) is 2.19. The predicted molar refractivity (Wildman–Crippen MR) is 66.6 cm³/mol. The van der Waals surface area contributed by atoms with Gasteiger partial charge in [-0.1, -0.05) is 0 Å². The van der Waals surface area contributed by atoms with Crippen LogP contribution in [0.5, 0.6) is 0 Å². The highest BCUT2D eigenvalue weighted by molar-refractivity contribution is 5.71. The molecular formula is C12H18N4. The summed E-state index contributed by atoms with van der Waals surface area (Å²) >= 11 is 0. The summed E-state index contributed by atoms with van der Waals surface area (Å²) in [6, 6.07) is 0.556.